The Labute approximate surface area is 124 Å². The average Bonchev–Trinajstić information content (AvgIpc) is 2.46. The van der Waals surface area contributed by atoms with Crippen LogP contribution in [0.3, 0.4) is 0 Å². The molecular weight excluding hydrogens is 276 g/mol. The zero-order valence-corrected chi connectivity index (χ0v) is 13.5. The number of methoxy groups -OCH3 is 2. The molecule has 0 aliphatic rings. The fraction of sp³-hybridized carbons (Fsp3) is 0.500. The smallest absolute Gasteiger partial charge is 0.236 e. The maximum atomic E-state index is 11.5. The van der Waals surface area contributed by atoms with Crippen molar-refractivity contribution < 1.29 is 14.3 Å². The summed E-state index contributed by atoms with van der Waals surface area (Å²) in [6.45, 7) is 0.922. The molecule has 1 rings (SSSR count). The molecule has 0 aliphatic heterocycles. The minimum Gasteiger partial charge on any atom is -0.493 e. The van der Waals surface area contributed by atoms with Crippen LogP contribution in [0, 0.1) is 0 Å². The Morgan fingerprint density at radius 2 is 1.85 bits per heavy atom. The SMILES string of the molecule is COc1cc(CNCC(=O)N(C)C)c(SC)cc1OC. The molecule has 0 aliphatic carbocycles. The van der Waals surface area contributed by atoms with Crippen LogP contribution >= 0.6 is 11.8 Å². The first-order chi connectivity index (χ1) is 9.53. The van der Waals surface area contributed by atoms with Crippen molar-refractivity contribution in [3.8, 4) is 11.5 Å². The van der Waals surface area contributed by atoms with Crippen molar-refractivity contribution in [2.45, 2.75) is 11.4 Å². The molecule has 112 valence electrons. The lowest BCUT2D eigenvalue weighted by atomic mass is 10.2. The molecule has 0 radical (unpaired) electrons. The van der Waals surface area contributed by atoms with Gasteiger partial charge in [-0.15, -0.1) is 11.8 Å². The largest absolute Gasteiger partial charge is 0.493 e. The van der Waals surface area contributed by atoms with Gasteiger partial charge in [0.25, 0.3) is 0 Å². The van der Waals surface area contributed by atoms with Crippen molar-refractivity contribution >= 4 is 17.7 Å². The zero-order chi connectivity index (χ0) is 15.1. The molecule has 0 saturated heterocycles. The van der Waals surface area contributed by atoms with Crippen LogP contribution in [0.4, 0.5) is 0 Å². The molecule has 0 atom stereocenters. The van der Waals surface area contributed by atoms with Crippen LogP contribution in [0.5, 0.6) is 11.5 Å². The molecule has 6 heteroatoms. The van der Waals surface area contributed by atoms with Gasteiger partial charge < -0.3 is 19.7 Å². The van der Waals surface area contributed by atoms with Crippen LogP contribution in [0.2, 0.25) is 0 Å². The Bertz CT molecular complexity index is 464. The number of carbonyl (C=O) groups is 1. The maximum Gasteiger partial charge on any atom is 0.236 e. The first-order valence-corrected chi connectivity index (χ1v) is 7.45. The van der Waals surface area contributed by atoms with E-state index in [-0.39, 0.29) is 5.91 Å². The van der Waals surface area contributed by atoms with Crippen LogP contribution < -0.4 is 14.8 Å². The van der Waals surface area contributed by atoms with Gasteiger partial charge in [0.1, 0.15) is 0 Å². The highest BCUT2D eigenvalue weighted by Crippen LogP contribution is 2.34. The van der Waals surface area contributed by atoms with E-state index in [0.29, 0.717) is 24.6 Å². The number of benzene rings is 1. The maximum absolute atomic E-state index is 11.5. The number of ether oxygens (including phenoxy) is 2. The normalized spacial score (nSPS) is 10.2. The molecule has 0 fully saturated rings. The van der Waals surface area contributed by atoms with E-state index in [1.165, 1.54) is 0 Å². The van der Waals surface area contributed by atoms with Crippen molar-refractivity contribution in [3.05, 3.63) is 17.7 Å². The second kappa shape index (κ2) is 8.01. The van der Waals surface area contributed by atoms with Crippen LogP contribution in [0.25, 0.3) is 0 Å². The summed E-state index contributed by atoms with van der Waals surface area (Å²) in [5.74, 6) is 1.46. The Hall–Kier alpha value is -1.40. The third kappa shape index (κ3) is 4.31. The highest BCUT2D eigenvalue weighted by atomic mass is 32.2. The van der Waals surface area contributed by atoms with E-state index >= 15 is 0 Å². The minimum atomic E-state index is 0.0520. The van der Waals surface area contributed by atoms with Crippen molar-refractivity contribution in [1.29, 1.82) is 0 Å². The van der Waals surface area contributed by atoms with Crippen LogP contribution in [0.15, 0.2) is 17.0 Å². The highest BCUT2D eigenvalue weighted by molar-refractivity contribution is 7.98. The standard InChI is InChI=1S/C14H22N2O3S/c1-16(2)14(17)9-15-8-10-6-11(18-3)12(19-4)7-13(10)20-5/h6-7,15H,8-9H2,1-5H3. The fourth-order valence-electron chi connectivity index (χ4n) is 1.69. The van der Waals surface area contributed by atoms with Gasteiger partial charge >= 0.3 is 0 Å². The summed E-state index contributed by atoms with van der Waals surface area (Å²) in [6, 6.07) is 3.89. The number of likely N-dealkylation sites (N-methyl/N-ethyl adjacent to an activating group) is 1. The lowest BCUT2D eigenvalue weighted by molar-refractivity contribution is -0.127. The molecule has 5 nitrogen and oxygen atoms in total. The summed E-state index contributed by atoms with van der Waals surface area (Å²) in [4.78, 5) is 14.2. The molecule has 1 aromatic carbocycles. The van der Waals surface area contributed by atoms with E-state index in [1.807, 2.05) is 18.4 Å². The van der Waals surface area contributed by atoms with Crippen LogP contribution in [0.1, 0.15) is 5.56 Å². The molecule has 0 spiro atoms. The van der Waals surface area contributed by atoms with Gasteiger partial charge in [0.2, 0.25) is 5.91 Å². The predicted molar refractivity (Wildman–Crippen MR) is 81.7 cm³/mol. The van der Waals surface area contributed by atoms with Gasteiger partial charge in [0.05, 0.1) is 20.8 Å². The van der Waals surface area contributed by atoms with E-state index in [1.54, 1.807) is 45.0 Å². The molecule has 0 heterocycles. The summed E-state index contributed by atoms with van der Waals surface area (Å²) in [7, 11) is 6.72. The number of nitrogens with zero attached hydrogens (tertiary/aromatic N) is 1. The topological polar surface area (TPSA) is 50.8 Å². The molecule has 0 aromatic heterocycles. The second-order valence-electron chi connectivity index (χ2n) is 4.41. The van der Waals surface area contributed by atoms with Crippen molar-refractivity contribution in [2.75, 3.05) is 41.1 Å². The van der Waals surface area contributed by atoms with Crippen LogP contribution in [-0.2, 0) is 11.3 Å². The van der Waals surface area contributed by atoms with Crippen LogP contribution in [-0.4, -0.2) is 51.9 Å². The molecule has 0 bridgehead atoms. The average molecular weight is 298 g/mol. The van der Waals surface area contributed by atoms with Gasteiger partial charge in [0.15, 0.2) is 11.5 Å². The summed E-state index contributed by atoms with van der Waals surface area (Å²) in [6.07, 6.45) is 2.01. The van der Waals surface area contributed by atoms with Gasteiger partial charge in [0, 0.05) is 25.5 Å². The first-order valence-electron chi connectivity index (χ1n) is 6.23. The Balaban J connectivity index is 2.80. The Morgan fingerprint density at radius 1 is 1.25 bits per heavy atom. The second-order valence-corrected chi connectivity index (χ2v) is 5.26. The third-order valence-electron chi connectivity index (χ3n) is 2.88. The van der Waals surface area contributed by atoms with E-state index in [4.69, 9.17) is 9.47 Å². The minimum absolute atomic E-state index is 0.0520. The van der Waals surface area contributed by atoms with Gasteiger partial charge in [-0.1, -0.05) is 0 Å². The summed E-state index contributed by atoms with van der Waals surface area (Å²) in [5.41, 5.74) is 1.08. The number of hydrogen-bond donors (Lipinski definition) is 1. The molecule has 20 heavy (non-hydrogen) atoms. The van der Waals surface area contributed by atoms with E-state index in [9.17, 15) is 4.79 Å². The van der Waals surface area contributed by atoms with Gasteiger partial charge in [-0.2, -0.15) is 0 Å². The summed E-state index contributed by atoms with van der Waals surface area (Å²) in [5, 5.41) is 3.15. The quantitative estimate of drug-likeness (QED) is 0.775. The fourth-order valence-corrected chi connectivity index (χ4v) is 2.31. The third-order valence-corrected chi connectivity index (χ3v) is 3.70. The number of hydrogen-bond acceptors (Lipinski definition) is 5. The predicted octanol–water partition coefficient (Wildman–Crippen LogP) is 1.60. The van der Waals surface area contributed by atoms with E-state index < -0.39 is 0 Å². The van der Waals surface area contributed by atoms with Gasteiger partial charge in [-0.3, -0.25) is 4.79 Å². The molecular formula is C14H22N2O3S. The molecule has 0 unspecified atom stereocenters. The van der Waals surface area contributed by atoms with Crippen molar-refractivity contribution in [1.82, 2.24) is 10.2 Å². The van der Waals surface area contributed by atoms with E-state index in [2.05, 4.69) is 5.32 Å². The number of nitrogens with one attached hydrogen (secondary N) is 1. The zero-order valence-electron chi connectivity index (χ0n) is 12.6. The highest BCUT2D eigenvalue weighted by Gasteiger charge is 2.11. The van der Waals surface area contributed by atoms with Crippen molar-refractivity contribution in [2.24, 2.45) is 0 Å². The molecule has 1 N–H and O–H groups in total. The summed E-state index contributed by atoms with van der Waals surface area (Å²) < 4.78 is 10.6. The monoisotopic (exact) mass is 298 g/mol. The Morgan fingerprint density at radius 3 is 2.35 bits per heavy atom. The number of carbonyl (C=O) groups excluding carboxylic acids is 1. The van der Waals surface area contributed by atoms with Gasteiger partial charge in [-0.05, 0) is 24.0 Å². The summed E-state index contributed by atoms with van der Waals surface area (Å²) >= 11 is 1.64. The molecule has 1 amide bonds. The molecule has 0 saturated carbocycles. The van der Waals surface area contributed by atoms with Gasteiger partial charge in [-0.25, -0.2) is 0 Å². The lowest BCUT2D eigenvalue weighted by Gasteiger charge is -2.15. The lowest BCUT2D eigenvalue weighted by Crippen LogP contribution is -2.32. The number of amides is 1. The molecule has 1 aromatic rings. The van der Waals surface area contributed by atoms with E-state index in [0.717, 1.165) is 10.5 Å². The number of rotatable bonds is 7. The number of thioether (sulfide) groups is 1. The van der Waals surface area contributed by atoms with Crippen molar-refractivity contribution in [3.63, 3.8) is 0 Å². The first kappa shape index (κ1) is 16.7. The Kier molecular flexibility index (Phi) is 6.67.